The molecule has 6 unspecified atom stereocenters. The van der Waals surface area contributed by atoms with E-state index in [-0.39, 0.29) is 40.7 Å². The van der Waals surface area contributed by atoms with E-state index in [0.29, 0.717) is 6.42 Å². The van der Waals surface area contributed by atoms with Gasteiger partial charge >= 0.3 is 5.97 Å². The average molecular weight is 360 g/mol. The van der Waals surface area contributed by atoms with Crippen LogP contribution in [0.1, 0.15) is 77.5 Å². The first-order chi connectivity index (χ1) is 12.1. The number of esters is 1. The molecule has 0 aromatic carbocycles. The van der Waals surface area contributed by atoms with Gasteiger partial charge in [-0.2, -0.15) is 0 Å². The van der Waals surface area contributed by atoms with Gasteiger partial charge in [-0.15, -0.1) is 0 Å². The maximum absolute atomic E-state index is 12.1. The fraction of sp³-hybridized carbons (Fsp3) is 0.773. The van der Waals surface area contributed by atoms with Crippen LogP contribution in [-0.4, -0.2) is 22.8 Å². The van der Waals surface area contributed by atoms with E-state index in [1.54, 1.807) is 6.26 Å². The molecule has 4 heteroatoms. The zero-order valence-corrected chi connectivity index (χ0v) is 16.7. The second-order valence-corrected chi connectivity index (χ2v) is 9.84. The van der Waals surface area contributed by atoms with Gasteiger partial charge in [0.05, 0.1) is 11.9 Å². The van der Waals surface area contributed by atoms with Crippen molar-refractivity contribution in [3.05, 3.63) is 23.7 Å². The first kappa shape index (κ1) is 18.1. The van der Waals surface area contributed by atoms with Gasteiger partial charge in [0, 0.05) is 31.1 Å². The molecular formula is C22H32O4. The normalized spacial score (nSPS) is 43.8. The first-order valence-corrected chi connectivity index (χ1v) is 10.1. The molecule has 1 aromatic rings. The molecule has 4 nitrogen and oxygen atoms in total. The van der Waals surface area contributed by atoms with Gasteiger partial charge in [0.15, 0.2) is 0 Å². The molecular weight excluding hydrogens is 328 g/mol. The summed E-state index contributed by atoms with van der Waals surface area (Å²) in [6.45, 7) is 10.3. The summed E-state index contributed by atoms with van der Waals surface area (Å²) in [5.41, 5.74) is 0.00120. The number of hydrogen-bond acceptors (Lipinski definition) is 4. The van der Waals surface area contributed by atoms with Gasteiger partial charge in [-0.3, -0.25) is 4.79 Å². The molecule has 0 amide bonds. The molecule has 4 rings (SSSR count). The fourth-order valence-electron chi connectivity index (χ4n) is 6.89. The summed E-state index contributed by atoms with van der Waals surface area (Å²) in [5, 5.41) is 12.1. The number of carbonyl (C=O) groups is 1. The van der Waals surface area contributed by atoms with Crippen molar-refractivity contribution < 1.29 is 19.1 Å². The summed E-state index contributed by atoms with van der Waals surface area (Å²) in [7, 11) is 0. The van der Waals surface area contributed by atoms with Crippen molar-refractivity contribution in [2.45, 2.75) is 84.3 Å². The SMILES string of the molecule is CC(=O)OC1CC2(O)C(C)(C)CCCC2(C)C2Cc3occc3C(C)C12. The Labute approximate surface area is 156 Å². The summed E-state index contributed by atoms with van der Waals surface area (Å²) >= 11 is 0. The van der Waals surface area contributed by atoms with E-state index < -0.39 is 5.60 Å². The van der Waals surface area contributed by atoms with Crippen LogP contribution in [0.25, 0.3) is 0 Å². The van der Waals surface area contributed by atoms with Crippen molar-refractivity contribution in [1.29, 1.82) is 0 Å². The van der Waals surface area contributed by atoms with Gasteiger partial charge in [0.2, 0.25) is 0 Å². The lowest BCUT2D eigenvalue weighted by atomic mass is 9.41. The van der Waals surface area contributed by atoms with Gasteiger partial charge in [0.1, 0.15) is 11.9 Å². The quantitative estimate of drug-likeness (QED) is 0.752. The fourth-order valence-corrected chi connectivity index (χ4v) is 6.89. The van der Waals surface area contributed by atoms with Crippen LogP contribution >= 0.6 is 0 Å². The van der Waals surface area contributed by atoms with Gasteiger partial charge in [-0.25, -0.2) is 0 Å². The number of rotatable bonds is 1. The molecule has 2 fully saturated rings. The number of carbonyl (C=O) groups excluding carboxylic acids is 1. The highest BCUT2D eigenvalue weighted by Gasteiger charge is 2.68. The van der Waals surface area contributed by atoms with Crippen LogP contribution < -0.4 is 0 Å². The molecule has 1 aromatic heterocycles. The zero-order chi connectivity index (χ0) is 18.9. The largest absolute Gasteiger partial charge is 0.469 e. The van der Waals surface area contributed by atoms with Crippen molar-refractivity contribution in [2.75, 3.05) is 0 Å². The second kappa shape index (κ2) is 5.60. The molecule has 0 saturated heterocycles. The van der Waals surface area contributed by atoms with Gasteiger partial charge in [-0.05, 0) is 41.7 Å². The van der Waals surface area contributed by atoms with E-state index in [2.05, 4.69) is 33.8 Å². The third-order valence-electron chi connectivity index (χ3n) is 8.34. The summed E-state index contributed by atoms with van der Waals surface area (Å²) in [6.07, 6.45) is 6.05. The zero-order valence-electron chi connectivity index (χ0n) is 16.7. The lowest BCUT2D eigenvalue weighted by Gasteiger charge is -2.67. The maximum Gasteiger partial charge on any atom is 0.302 e. The van der Waals surface area contributed by atoms with E-state index in [4.69, 9.17) is 9.15 Å². The van der Waals surface area contributed by atoms with Crippen molar-refractivity contribution in [2.24, 2.45) is 22.7 Å². The monoisotopic (exact) mass is 360 g/mol. The highest BCUT2D eigenvalue weighted by Crippen LogP contribution is 2.67. The van der Waals surface area contributed by atoms with Crippen LogP contribution in [0, 0.1) is 22.7 Å². The molecule has 3 aliphatic rings. The summed E-state index contributed by atoms with van der Waals surface area (Å²) < 4.78 is 11.7. The summed E-state index contributed by atoms with van der Waals surface area (Å²) in [6, 6.07) is 2.06. The van der Waals surface area contributed by atoms with Crippen molar-refractivity contribution in [3.8, 4) is 0 Å². The van der Waals surface area contributed by atoms with Crippen LogP contribution in [0.4, 0.5) is 0 Å². The molecule has 3 aliphatic carbocycles. The summed E-state index contributed by atoms with van der Waals surface area (Å²) in [4.78, 5) is 11.9. The Morgan fingerprint density at radius 1 is 1.31 bits per heavy atom. The van der Waals surface area contributed by atoms with Gasteiger partial charge in [-0.1, -0.05) is 34.1 Å². The number of hydrogen-bond donors (Lipinski definition) is 1. The molecule has 6 atom stereocenters. The molecule has 1 heterocycles. The lowest BCUT2D eigenvalue weighted by molar-refractivity contribution is -0.266. The van der Waals surface area contributed by atoms with Gasteiger partial charge < -0.3 is 14.3 Å². The van der Waals surface area contributed by atoms with Crippen LogP contribution in [0.5, 0.6) is 0 Å². The van der Waals surface area contributed by atoms with Crippen LogP contribution in [0.2, 0.25) is 0 Å². The molecule has 0 radical (unpaired) electrons. The van der Waals surface area contributed by atoms with Crippen molar-refractivity contribution in [1.82, 2.24) is 0 Å². The van der Waals surface area contributed by atoms with E-state index in [9.17, 15) is 9.90 Å². The average Bonchev–Trinajstić information content (AvgIpc) is 2.99. The predicted octanol–water partition coefficient (Wildman–Crippen LogP) is 4.45. The molecule has 26 heavy (non-hydrogen) atoms. The Morgan fingerprint density at radius 3 is 2.73 bits per heavy atom. The Balaban J connectivity index is 1.85. The van der Waals surface area contributed by atoms with Crippen LogP contribution in [-0.2, 0) is 16.0 Å². The van der Waals surface area contributed by atoms with Gasteiger partial charge in [0.25, 0.3) is 0 Å². The minimum atomic E-state index is -0.844. The van der Waals surface area contributed by atoms with E-state index in [1.807, 2.05) is 0 Å². The van der Waals surface area contributed by atoms with E-state index in [0.717, 1.165) is 31.4 Å². The van der Waals surface area contributed by atoms with Crippen molar-refractivity contribution in [3.63, 3.8) is 0 Å². The predicted molar refractivity (Wildman–Crippen MR) is 98.7 cm³/mol. The highest BCUT2D eigenvalue weighted by atomic mass is 16.5. The minimum absolute atomic E-state index is 0.198. The Hall–Kier alpha value is -1.29. The third kappa shape index (κ3) is 2.20. The molecule has 0 spiro atoms. The Bertz CT molecular complexity index is 719. The van der Waals surface area contributed by atoms with Crippen LogP contribution in [0.15, 0.2) is 16.7 Å². The Kier molecular flexibility index (Phi) is 3.90. The van der Waals surface area contributed by atoms with E-state index in [1.165, 1.54) is 12.5 Å². The number of fused-ring (bicyclic) bond motifs is 4. The maximum atomic E-state index is 12.1. The Morgan fingerprint density at radius 2 is 2.04 bits per heavy atom. The topological polar surface area (TPSA) is 59.7 Å². The third-order valence-corrected chi connectivity index (χ3v) is 8.34. The minimum Gasteiger partial charge on any atom is -0.469 e. The van der Waals surface area contributed by atoms with Crippen LogP contribution in [0.3, 0.4) is 0 Å². The second-order valence-electron chi connectivity index (χ2n) is 9.84. The van der Waals surface area contributed by atoms with Crippen molar-refractivity contribution >= 4 is 5.97 Å². The number of aliphatic hydroxyl groups is 1. The summed E-state index contributed by atoms with van der Waals surface area (Å²) in [5.74, 6) is 1.54. The molecule has 1 N–H and O–H groups in total. The first-order valence-electron chi connectivity index (χ1n) is 10.1. The molecule has 144 valence electrons. The number of ether oxygens (including phenoxy) is 1. The van der Waals surface area contributed by atoms with E-state index >= 15 is 0 Å². The standard InChI is InChI=1S/C22H32O4/c1-13-15-7-10-25-17(15)11-16-19(13)18(26-14(2)23)12-22(24)20(3,4)8-6-9-21(16,22)5/h7,10,13,16,18-19,24H,6,8-9,11-12H2,1-5H3. The smallest absolute Gasteiger partial charge is 0.302 e. The molecule has 0 aliphatic heterocycles. The molecule has 2 saturated carbocycles. The lowest BCUT2D eigenvalue weighted by Crippen LogP contribution is -2.69. The molecule has 0 bridgehead atoms. The number of furan rings is 1. The highest BCUT2D eigenvalue weighted by molar-refractivity contribution is 5.66.